The first-order chi connectivity index (χ1) is 9.60. The first kappa shape index (κ1) is 13.0. The van der Waals surface area contributed by atoms with Crippen molar-refractivity contribution in [3.8, 4) is 11.6 Å². The van der Waals surface area contributed by atoms with Crippen LogP contribution in [0.25, 0.3) is 16.9 Å². The van der Waals surface area contributed by atoms with E-state index < -0.39 is 0 Å². The van der Waals surface area contributed by atoms with Gasteiger partial charge in [0.15, 0.2) is 5.65 Å². The molecule has 7 heteroatoms. The maximum Gasteiger partial charge on any atom is 0.215 e. The predicted octanol–water partition coefficient (Wildman–Crippen LogP) is 3.32. The molecule has 3 rings (SSSR count). The third kappa shape index (κ3) is 2.05. The van der Waals surface area contributed by atoms with E-state index in [1.165, 1.54) is 0 Å². The fraction of sp³-hybridized carbons (Fsp3) is 0.0769. The van der Waals surface area contributed by atoms with E-state index in [-0.39, 0.29) is 0 Å². The normalized spacial score (nSPS) is 10.9. The van der Waals surface area contributed by atoms with Crippen LogP contribution in [0.15, 0.2) is 30.3 Å². The average Bonchev–Trinajstić information content (AvgIpc) is 2.77. The number of methoxy groups -OCH3 is 1. The number of anilines is 1. The Labute approximate surface area is 124 Å². The second-order valence-electron chi connectivity index (χ2n) is 4.10. The Hall–Kier alpha value is -1.98. The number of fused-ring (bicyclic) bond motifs is 1. The minimum absolute atomic E-state index is 0.319. The monoisotopic (exact) mass is 308 g/mol. The van der Waals surface area contributed by atoms with Gasteiger partial charge in [-0.2, -0.15) is 4.98 Å². The molecule has 0 amide bonds. The Morgan fingerprint density at radius 3 is 2.60 bits per heavy atom. The highest BCUT2D eigenvalue weighted by molar-refractivity contribution is 6.42. The Balaban J connectivity index is 2.28. The molecule has 2 aromatic heterocycles. The third-order valence-electron chi connectivity index (χ3n) is 2.88. The molecule has 0 aliphatic carbocycles. The lowest BCUT2D eigenvalue weighted by atomic mass is 10.3. The molecule has 1 aromatic carbocycles. The zero-order valence-electron chi connectivity index (χ0n) is 10.5. The zero-order valence-corrected chi connectivity index (χ0v) is 12.0. The summed E-state index contributed by atoms with van der Waals surface area (Å²) in [6.07, 6.45) is 0. The van der Waals surface area contributed by atoms with E-state index in [4.69, 9.17) is 33.7 Å². The number of imidazole rings is 1. The van der Waals surface area contributed by atoms with Crippen LogP contribution in [-0.4, -0.2) is 21.6 Å². The summed E-state index contributed by atoms with van der Waals surface area (Å²) in [6.45, 7) is 0. The first-order valence-electron chi connectivity index (χ1n) is 5.74. The highest BCUT2D eigenvalue weighted by atomic mass is 35.5. The Morgan fingerprint density at radius 1 is 1.10 bits per heavy atom. The highest BCUT2D eigenvalue weighted by Crippen LogP contribution is 2.28. The maximum absolute atomic E-state index is 6.04. The summed E-state index contributed by atoms with van der Waals surface area (Å²) in [7, 11) is 1.55. The summed E-state index contributed by atoms with van der Waals surface area (Å²) < 4.78 is 6.82. The number of halogens is 2. The predicted molar refractivity (Wildman–Crippen MR) is 79.8 cm³/mol. The van der Waals surface area contributed by atoms with Crippen molar-refractivity contribution in [2.24, 2.45) is 0 Å². The van der Waals surface area contributed by atoms with E-state index in [0.29, 0.717) is 33.0 Å². The van der Waals surface area contributed by atoms with Crippen LogP contribution in [0.4, 0.5) is 5.95 Å². The number of ether oxygens (including phenoxy) is 1. The lowest BCUT2D eigenvalue weighted by molar-refractivity contribution is 0.399. The molecule has 102 valence electrons. The summed E-state index contributed by atoms with van der Waals surface area (Å²) in [5.41, 5.74) is 7.97. The van der Waals surface area contributed by atoms with Crippen molar-refractivity contribution < 1.29 is 4.74 Å². The van der Waals surface area contributed by atoms with Crippen LogP contribution in [0.1, 0.15) is 0 Å². The standard InChI is InChI=1S/C13H10Cl2N4O/c1-20-11-5-4-10-12(18-11)19(13(16)17-10)7-2-3-8(14)9(15)6-7/h2-6H,1H3,(H2,16,17). The molecule has 0 saturated heterocycles. The molecule has 20 heavy (non-hydrogen) atoms. The molecule has 0 unspecified atom stereocenters. The number of hydrogen-bond acceptors (Lipinski definition) is 4. The SMILES string of the molecule is COc1ccc2nc(N)n(-c3ccc(Cl)c(Cl)c3)c2n1. The number of benzene rings is 1. The van der Waals surface area contributed by atoms with Crippen molar-refractivity contribution in [1.29, 1.82) is 0 Å². The van der Waals surface area contributed by atoms with E-state index in [9.17, 15) is 0 Å². The Kier molecular flexibility index (Phi) is 3.16. The molecule has 0 fully saturated rings. The summed E-state index contributed by atoms with van der Waals surface area (Å²) in [6, 6.07) is 8.74. The molecular formula is C13H10Cl2N4O. The Bertz CT molecular complexity index is 800. The number of pyridine rings is 1. The number of rotatable bonds is 2. The maximum atomic E-state index is 6.04. The van der Waals surface area contributed by atoms with Crippen LogP contribution in [-0.2, 0) is 0 Å². The summed E-state index contributed by atoms with van der Waals surface area (Å²) in [5, 5.41) is 0.914. The Morgan fingerprint density at radius 2 is 1.90 bits per heavy atom. The van der Waals surface area contributed by atoms with Gasteiger partial charge < -0.3 is 10.5 Å². The molecule has 0 saturated carbocycles. The van der Waals surface area contributed by atoms with Crippen molar-refractivity contribution >= 4 is 40.3 Å². The van der Waals surface area contributed by atoms with Gasteiger partial charge in [0.25, 0.3) is 0 Å². The number of aromatic nitrogens is 3. The lowest BCUT2D eigenvalue weighted by Crippen LogP contribution is -2.01. The lowest BCUT2D eigenvalue weighted by Gasteiger charge is -2.07. The summed E-state index contributed by atoms with van der Waals surface area (Å²) >= 11 is 12.0. The van der Waals surface area contributed by atoms with E-state index in [1.807, 2.05) is 0 Å². The quantitative estimate of drug-likeness (QED) is 0.788. The van der Waals surface area contributed by atoms with Crippen molar-refractivity contribution in [2.45, 2.75) is 0 Å². The summed E-state index contributed by atoms with van der Waals surface area (Å²) in [4.78, 5) is 8.63. The highest BCUT2D eigenvalue weighted by Gasteiger charge is 2.13. The molecule has 0 atom stereocenters. The molecule has 2 heterocycles. The fourth-order valence-corrected chi connectivity index (χ4v) is 2.24. The van der Waals surface area contributed by atoms with Crippen molar-refractivity contribution in [2.75, 3.05) is 12.8 Å². The van der Waals surface area contributed by atoms with Gasteiger partial charge in [-0.05, 0) is 24.3 Å². The van der Waals surface area contributed by atoms with Crippen LogP contribution in [0.3, 0.4) is 0 Å². The van der Waals surface area contributed by atoms with Gasteiger partial charge in [0.2, 0.25) is 11.8 Å². The molecule has 3 aromatic rings. The number of nitrogens with zero attached hydrogens (tertiary/aromatic N) is 3. The van der Waals surface area contributed by atoms with Crippen LogP contribution in [0, 0.1) is 0 Å². The number of nitrogen functional groups attached to an aromatic ring is 1. The van der Waals surface area contributed by atoms with Crippen molar-refractivity contribution in [3.63, 3.8) is 0 Å². The molecule has 2 N–H and O–H groups in total. The largest absolute Gasteiger partial charge is 0.481 e. The van der Waals surface area contributed by atoms with Crippen molar-refractivity contribution in [1.82, 2.24) is 14.5 Å². The molecule has 0 radical (unpaired) electrons. The second kappa shape index (κ2) is 4.85. The van der Waals surface area contributed by atoms with E-state index in [1.54, 1.807) is 42.0 Å². The molecule has 0 bridgehead atoms. The summed E-state index contributed by atoms with van der Waals surface area (Å²) in [5.74, 6) is 0.804. The van der Waals surface area contributed by atoms with Crippen LogP contribution < -0.4 is 10.5 Å². The molecule has 0 spiro atoms. The molecule has 5 nitrogen and oxygen atoms in total. The van der Waals surface area contributed by atoms with Crippen LogP contribution in [0.2, 0.25) is 10.0 Å². The molecular weight excluding hydrogens is 299 g/mol. The second-order valence-corrected chi connectivity index (χ2v) is 4.91. The van der Waals surface area contributed by atoms with Gasteiger partial charge in [0.1, 0.15) is 5.52 Å². The molecule has 0 aliphatic heterocycles. The van der Waals surface area contributed by atoms with Gasteiger partial charge in [-0.15, -0.1) is 0 Å². The average molecular weight is 309 g/mol. The molecule has 0 aliphatic rings. The van der Waals surface area contributed by atoms with Gasteiger partial charge >= 0.3 is 0 Å². The number of hydrogen-bond donors (Lipinski definition) is 1. The van der Waals surface area contributed by atoms with Gasteiger partial charge in [0, 0.05) is 6.07 Å². The van der Waals surface area contributed by atoms with Gasteiger partial charge in [-0.1, -0.05) is 23.2 Å². The fourth-order valence-electron chi connectivity index (χ4n) is 1.95. The minimum atomic E-state index is 0.319. The van der Waals surface area contributed by atoms with Crippen LogP contribution >= 0.6 is 23.2 Å². The smallest absolute Gasteiger partial charge is 0.215 e. The van der Waals surface area contributed by atoms with Gasteiger partial charge in [-0.3, -0.25) is 4.57 Å². The number of nitrogens with two attached hydrogens (primary N) is 1. The third-order valence-corrected chi connectivity index (χ3v) is 3.61. The minimum Gasteiger partial charge on any atom is -0.481 e. The first-order valence-corrected chi connectivity index (χ1v) is 6.50. The van der Waals surface area contributed by atoms with E-state index in [2.05, 4.69) is 9.97 Å². The van der Waals surface area contributed by atoms with E-state index in [0.717, 1.165) is 5.69 Å². The van der Waals surface area contributed by atoms with Crippen molar-refractivity contribution in [3.05, 3.63) is 40.4 Å². The van der Waals surface area contributed by atoms with Gasteiger partial charge in [-0.25, -0.2) is 4.98 Å². The zero-order chi connectivity index (χ0) is 14.3. The topological polar surface area (TPSA) is 66.0 Å². The van der Waals surface area contributed by atoms with Gasteiger partial charge in [0.05, 0.1) is 22.8 Å². The van der Waals surface area contributed by atoms with Crippen LogP contribution in [0.5, 0.6) is 5.88 Å². The van der Waals surface area contributed by atoms with E-state index >= 15 is 0 Å².